The Morgan fingerprint density at radius 2 is 2.00 bits per heavy atom. The summed E-state index contributed by atoms with van der Waals surface area (Å²) in [6.45, 7) is 0. The summed E-state index contributed by atoms with van der Waals surface area (Å²) >= 11 is 0. The van der Waals surface area contributed by atoms with Crippen LogP contribution >= 0.6 is 0 Å². The first-order valence-corrected chi connectivity index (χ1v) is 4.90. The van der Waals surface area contributed by atoms with E-state index in [1.54, 1.807) is 0 Å². The topological polar surface area (TPSA) is 37.3 Å². The first kappa shape index (κ1) is 11.9. The molecule has 2 atom stereocenters. The van der Waals surface area contributed by atoms with Crippen molar-refractivity contribution < 1.29 is 27.5 Å². The van der Waals surface area contributed by atoms with Crippen LogP contribution < -0.4 is 0 Å². The van der Waals surface area contributed by atoms with Gasteiger partial charge in [0.1, 0.15) is 5.82 Å². The van der Waals surface area contributed by atoms with Gasteiger partial charge in [-0.2, -0.15) is 13.2 Å². The van der Waals surface area contributed by atoms with Gasteiger partial charge in [0.15, 0.2) is 0 Å². The van der Waals surface area contributed by atoms with Gasteiger partial charge >= 0.3 is 12.1 Å². The molecule has 0 unspecified atom stereocenters. The van der Waals surface area contributed by atoms with Gasteiger partial charge in [-0.3, -0.25) is 4.79 Å². The molecule has 1 aliphatic carbocycles. The van der Waals surface area contributed by atoms with Crippen molar-refractivity contribution in [2.45, 2.75) is 18.5 Å². The smallest absolute Gasteiger partial charge is 0.416 e. The first-order valence-electron chi connectivity index (χ1n) is 4.90. The molecule has 17 heavy (non-hydrogen) atoms. The van der Waals surface area contributed by atoms with E-state index < -0.39 is 35.4 Å². The maximum absolute atomic E-state index is 13.4. The fraction of sp³-hybridized carbons (Fsp3) is 0.364. The Morgan fingerprint density at radius 3 is 2.41 bits per heavy atom. The van der Waals surface area contributed by atoms with Crippen molar-refractivity contribution in [2.24, 2.45) is 5.92 Å². The molecular weight excluding hydrogens is 240 g/mol. The predicted octanol–water partition coefficient (Wildman–Crippen LogP) is 3.03. The average molecular weight is 248 g/mol. The van der Waals surface area contributed by atoms with Gasteiger partial charge < -0.3 is 5.11 Å². The molecule has 1 aromatic rings. The lowest BCUT2D eigenvalue weighted by molar-refractivity contribution is -0.139. The van der Waals surface area contributed by atoms with Crippen molar-refractivity contribution in [3.63, 3.8) is 0 Å². The number of aliphatic carboxylic acids is 1. The maximum atomic E-state index is 13.4. The number of benzene rings is 1. The van der Waals surface area contributed by atoms with Crippen molar-refractivity contribution in [3.05, 3.63) is 35.1 Å². The van der Waals surface area contributed by atoms with E-state index in [1.165, 1.54) is 0 Å². The Kier molecular flexibility index (Phi) is 2.60. The molecule has 2 rings (SSSR count). The molecule has 0 saturated heterocycles. The highest BCUT2D eigenvalue weighted by Gasteiger charge is 2.45. The van der Waals surface area contributed by atoms with E-state index in [4.69, 9.17) is 5.11 Å². The van der Waals surface area contributed by atoms with Crippen LogP contribution in [-0.4, -0.2) is 11.1 Å². The molecule has 1 aromatic carbocycles. The number of hydrogen-bond donors (Lipinski definition) is 1. The molecule has 2 nitrogen and oxygen atoms in total. The van der Waals surface area contributed by atoms with Crippen LogP contribution in [0.4, 0.5) is 17.6 Å². The van der Waals surface area contributed by atoms with Gasteiger partial charge in [-0.15, -0.1) is 0 Å². The molecule has 0 amide bonds. The lowest BCUT2D eigenvalue weighted by Gasteiger charge is -2.08. The fourth-order valence-corrected chi connectivity index (χ4v) is 1.82. The van der Waals surface area contributed by atoms with Gasteiger partial charge in [-0.1, -0.05) is 6.07 Å². The number of carboxylic acids is 1. The average Bonchev–Trinajstić information content (AvgIpc) is 2.95. The van der Waals surface area contributed by atoms with Crippen molar-refractivity contribution in [3.8, 4) is 0 Å². The Labute approximate surface area is 93.9 Å². The molecule has 0 spiro atoms. The monoisotopic (exact) mass is 248 g/mol. The zero-order valence-corrected chi connectivity index (χ0v) is 8.46. The van der Waals surface area contributed by atoms with Crippen LogP contribution in [0, 0.1) is 11.7 Å². The molecule has 92 valence electrons. The molecule has 1 N–H and O–H groups in total. The molecule has 1 saturated carbocycles. The third-order valence-corrected chi connectivity index (χ3v) is 2.83. The summed E-state index contributed by atoms with van der Waals surface area (Å²) < 4.78 is 50.2. The van der Waals surface area contributed by atoms with Gasteiger partial charge in [0.2, 0.25) is 0 Å². The number of carboxylic acid groups (broad SMARTS) is 1. The molecule has 6 heteroatoms. The minimum Gasteiger partial charge on any atom is -0.481 e. The van der Waals surface area contributed by atoms with Crippen LogP contribution in [0.3, 0.4) is 0 Å². The second kappa shape index (κ2) is 3.72. The maximum Gasteiger partial charge on any atom is 0.416 e. The van der Waals surface area contributed by atoms with E-state index in [9.17, 15) is 22.4 Å². The summed E-state index contributed by atoms with van der Waals surface area (Å²) in [6, 6.07) is 2.20. The fourth-order valence-electron chi connectivity index (χ4n) is 1.82. The van der Waals surface area contributed by atoms with Crippen molar-refractivity contribution in [2.75, 3.05) is 0 Å². The van der Waals surface area contributed by atoms with Crippen molar-refractivity contribution in [1.29, 1.82) is 0 Å². The number of rotatable bonds is 2. The standard InChI is InChI=1S/C11H8F4O2/c12-9-3-5(11(13,14)15)1-2-6(9)7-4-8(7)10(16)17/h1-3,7-8H,4H2,(H,16,17)/t7-,8+/m0/s1. The van der Waals surface area contributed by atoms with Crippen LogP contribution in [0.1, 0.15) is 23.5 Å². The van der Waals surface area contributed by atoms with E-state index in [0.717, 1.165) is 12.1 Å². The van der Waals surface area contributed by atoms with Crippen LogP contribution in [0.15, 0.2) is 18.2 Å². The summed E-state index contributed by atoms with van der Waals surface area (Å²) in [6.07, 6.45) is -4.31. The van der Waals surface area contributed by atoms with Gasteiger partial charge in [0.25, 0.3) is 0 Å². The Hall–Kier alpha value is -1.59. The number of alkyl halides is 3. The summed E-state index contributed by atoms with van der Waals surface area (Å²) in [5.41, 5.74) is -1.02. The van der Waals surface area contributed by atoms with Gasteiger partial charge in [-0.05, 0) is 24.1 Å². The number of hydrogen-bond acceptors (Lipinski definition) is 1. The third-order valence-electron chi connectivity index (χ3n) is 2.83. The molecule has 1 aliphatic rings. The molecule has 0 aromatic heterocycles. The second-order valence-electron chi connectivity index (χ2n) is 4.02. The lowest BCUT2D eigenvalue weighted by atomic mass is 10.1. The van der Waals surface area contributed by atoms with E-state index in [1.807, 2.05) is 0 Å². The highest BCUT2D eigenvalue weighted by molar-refractivity contribution is 5.75. The predicted molar refractivity (Wildman–Crippen MR) is 49.9 cm³/mol. The Bertz CT molecular complexity index is 467. The van der Waals surface area contributed by atoms with Gasteiger partial charge in [0.05, 0.1) is 11.5 Å². The third kappa shape index (κ3) is 2.25. The van der Waals surface area contributed by atoms with Crippen molar-refractivity contribution in [1.82, 2.24) is 0 Å². The highest BCUT2D eigenvalue weighted by atomic mass is 19.4. The molecule has 0 aliphatic heterocycles. The summed E-state index contributed by atoms with van der Waals surface area (Å²) in [7, 11) is 0. The van der Waals surface area contributed by atoms with Crippen molar-refractivity contribution >= 4 is 5.97 Å². The van der Waals surface area contributed by atoms with E-state index >= 15 is 0 Å². The van der Waals surface area contributed by atoms with E-state index in [2.05, 4.69) is 0 Å². The largest absolute Gasteiger partial charge is 0.481 e. The molecule has 0 bridgehead atoms. The van der Waals surface area contributed by atoms with Crippen LogP contribution in [0.2, 0.25) is 0 Å². The zero-order chi connectivity index (χ0) is 12.8. The normalized spacial score (nSPS) is 23.5. The highest BCUT2D eigenvalue weighted by Crippen LogP contribution is 2.48. The minimum absolute atomic E-state index is 0.0467. The quantitative estimate of drug-likeness (QED) is 0.817. The first-order chi connectivity index (χ1) is 7.80. The lowest BCUT2D eigenvalue weighted by Crippen LogP contribution is -2.06. The molecule has 1 fully saturated rings. The van der Waals surface area contributed by atoms with E-state index in [0.29, 0.717) is 6.07 Å². The summed E-state index contributed by atoms with van der Waals surface area (Å²) in [5.74, 6) is -3.22. The minimum atomic E-state index is -4.59. The summed E-state index contributed by atoms with van der Waals surface area (Å²) in [5, 5.41) is 8.66. The van der Waals surface area contributed by atoms with Gasteiger partial charge in [0, 0.05) is 5.92 Å². The SMILES string of the molecule is O=C(O)[C@@H]1C[C@H]1c1ccc(C(F)(F)F)cc1F. The van der Waals surface area contributed by atoms with E-state index in [-0.39, 0.29) is 12.0 Å². The van der Waals surface area contributed by atoms with Gasteiger partial charge in [-0.25, -0.2) is 4.39 Å². The van der Waals surface area contributed by atoms with Crippen LogP contribution in [0.25, 0.3) is 0 Å². The Morgan fingerprint density at radius 1 is 1.35 bits per heavy atom. The molecular formula is C11H8F4O2. The molecule has 0 radical (unpaired) electrons. The number of carbonyl (C=O) groups is 1. The number of halogens is 4. The van der Waals surface area contributed by atoms with Crippen LogP contribution in [-0.2, 0) is 11.0 Å². The zero-order valence-electron chi connectivity index (χ0n) is 8.46. The summed E-state index contributed by atoms with van der Waals surface area (Å²) in [4.78, 5) is 10.6. The van der Waals surface area contributed by atoms with Crippen LogP contribution in [0.5, 0.6) is 0 Å². The second-order valence-corrected chi connectivity index (χ2v) is 4.02. The molecule has 0 heterocycles. The Balaban J connectivity index is 2.25.